The summed E-state index contributed by atoms with van der Waals surface area (Å²) in [4.78, 5) is 2.39. The van der Waals surface area contributed by atoms with Gasteiger partial charge in [-0.25, -0.2) is 0 Å². The molecular formula is C48H31N. The molecule has 9 aromatic rings. The third kappa shape index (κ3) is 4.40. The molecule has 0 bridgehead atoms. The third-order valence-corrected chi connectivity index (χ3v) is 10.2. The van der Waals surface area contributed by atoms with Crippen LogP contribution in [0.4, 0.5) is 17.1 Å². The molecule has 1 nitrogen and oxygen atoms in total. The zero-order valence-electron chi connectivity index (χ0n) is 26.8. The SMILES string of the molecule is C1=Cc2cc(-c3c4ccccc4c(-c4ccc5c(ccc6ccccc65)c4)c4ccccc34)ccc2N(c2ccccc2)c2ccccc21. The summed E-state index contributed by atoms with van der Waals surface area (Å²) < 4.78 is 0. The number of fused-ring (bicyclic) bond motifs is 7. The number of hydrogen-bond acceptors (Lipinski definition) is 1. The molecule has 1 heterocycles. The maximum Gasteiger partial charge on any atom is 0.0534 e. The zero-order valence-corrected chi connectivity index (χ0v) is 26.8. The van der Waals surface area contributed by atoms with E-state index in [2.05, 4.69) is 193 Å². The summed E-state index contributed by atoms with van der Waals surface area (Å²) >= 11 is 0. The Hall–Kier alpha value is -6.44. The van der Waals surface area contributed by atoms with E-state index in [0.29, 0.717) is 0 Å². The molecule has 49 heavy (non-hydrogen) atoms. The van der Waals surface area contributed by atoms with E-state index in [0.717, 1.165) is 5.69 Å². The van der Waals surface area contributed by atoms with E-state index >= 15 is 0 Å². The standard InChI is InChI=1S/C48H31N/c1-2-14-38(15-3-1)49-45-21-11-5-13-33(45)23-25-35-31-37(27-29-46(35)49)48-43-19-9-7-17-41(43)47(42-18-8-10-20-44(42)48)36-26-28-40-34(30-36)24-22-32-12-4-6-16-39(32)40/h1-31H. The van der Waals surface area contributed by atoms with Crippen molar-refractivity contribution in [3.8, 4) is 22.3 Å². The largest absolute Gasteiger partial charge is 0.309 e. The van der Waals surface area contributed by atoms with Crippen LogP contribution in [-0.4, -0.2) is 0 Å². The highest BCUT2D eigenvalue weighted by Crippen LogP contribution is 2.47. The van der Waals surface area contributed by atoms with E-state index in [1.54, 1.807) is 0 Å². The fraction of sp³-hybridized carbons (Fsp3) is 0. The number of benzene rings is 9. The lowest BCUT2D eigenvalue weighted by Gasteiger charge is -2.27. The van der Waals surface area contributed by atoms with Crippen LogP contribution in [-0.2, 0) is 0 Å². The fourth-order valence-corrected chi connectivity index (χ4v) is 7.96. The molecule has 0 spiro atoms. The smallest absolute Gasteiger partial charge is 0.0534 e. The average Bonchev–Trinajstić information content (AvgIpc) is 3.33. The molecule has 1 heteroatoms. The van der Waals surface area contributed by atoms with Crippen LogP contribution in [0.3, 0.4) is 0 Å². The van der Waals surface area contributed by atoms with Crippen LogP contribution in [0.25, 0.3) is 77.5 Å². The molecule has 1 aliphatic heterocycles. The molecule has 0 atom stereocenters. The van der Waals surface area contributed by atoms with Gasteiger partial charge < -0.3 is 4.90 Å². The van der Waals surface area contributed by atoms with Gasteiger partial charge in [-0.3, -0.25) is 0 Å². The molecule has 1 aliphatic rings. The van der Waals surface area contributed by atoms with E-state index < -0.39 is 0 Å². The predicted molar refractivity (Wildman–Crippen MR) is 211 cm³/mol. The Morgan fingerprint density at radius 2 is 0.816 bits per heavy atom. The van der Waals surface area contributed by atoms with Crippen LogP contribution in [0.1, 0.15) is 11.1 Å². The summed E-state index contributed by atoms with van der Waals surface area (Å²) in [5.41, 5.74) is 10.9. The van der Waals surface area contributed by atoms with Gasteiger partial charge in [0.05, 0.1) is 11.4 Å². The second-order valence-corrected chi connectivity index (χ2v) is 12.9. The van der Waals surface area contributed by atoms with E-state index in [1.165, 1.54) is 87.8 Å². The molecule has 0 unspecified atom stereocenters. The Morgan fingerprint density at radius 1 is 0.306 bits per heavy atom. The molecule has 0 fully saturated rings. The monoisotopic (exact) mass is 621 g/mol. The molecule has 10 rings (SSSR count). The van der Waals surface area contributed by atoms with Crippen LogP contribution < -0.4 is 4.90 Å². The van der Waals surface area contributed by atoms with E-state index in [-0.39, 0.29) is 0 Å². The summed E-state index contributed by atoms with van der Waals surface area (Å²) in [5.74, 6) is 0. The van der Waals surface area contributed by atoms with Crippen LogP contribution in [0, 0.1) is 0 Å². The number of nitrogens with zero attached hydrogens (tertiary/aromatic N) is 1. The first-order chi connectivity index (χ1) is 24.3. The summed E-state index contributed by atoms with van der Waals surface area (Å²) in [6, 6.07) is 64.4. The van der Waals surface area contributed by atoms with Crippen molar-refractivity contribution in [1.29, 1.82) is 0 Å². The maximum atomic E-state index is 2.39. The Kier molecular flexibility index (Phi) is 6.25. The van der Waals surface area contributed by atoms with Gasteiger partial charge in [0.15, 0.2) is 0 Å². The zero-order chi connectivity index (χ0) is 32.3. The number of rotatable bonds is 3. The highest BCUT2D eigenvalue weighted by Gasteiger charge is 2.22. The van der Waals surface area contributed by atoms with Crippen molar-refractivity contribution in [3.63, 3.8) is 0 Å². The lowest BCUT2D eigenvalue weighted by Crippen LogP contribution is -2.11. The summed E-state index contributed by atoms with van der Waals surface area (Å²) in [6.45, 7) is 0. The van der Waals surface area contributed by atoms with Crippen LogP contribution in [0.15, 0.2) is 176 Å². The first-order valence-electron chi connectivity index (χ1n) is 16.9. The second-order valence-electron chi connectivity index (χ2n) is 12.9. The molecule has 0 saturated heterocycles. The first kappa shape index (κ1) is 27.7. The number of anilines is 3. The molecule has 0 aromatic heterocycles. The van der Waals surface area contributed by atoms with E-state index in [9.17, 15) is 0 Å². The molecule has 0 saturated carbocycles. The Bertz CT molecular complexity index is 2710. The van der Waals surface area contributed by atoms with Crippen molar-refractivity contribution in [2.75, 3.05) is 4.90 Å². The highest BCUT2D eigenvalue weighted by atomic mass is 15.1. The fourth-order valence-electron chi connectivity index (χ4n) is 7.96. The Labute approximate surface area is 285 Å². The molecule has 228 valence electrons. The molecule has 0 aliphatic carbocycles. The van der Waals surface area contributed by atoms with Gasteiger partial charge in [0, 0.05) is 5.69 Å². The van der Waals surface area contributed by atoms with Gasteiger partial charge in [-0.05, 0) is 113 Å². The summed E-state index contributed by atoms with van der Waals surface area (Å²) in [5, 5.41) is 10.2. The molecule has 9 aromatic carbocycles. The van der Waals surface area contributed by atoms with Gasteiger partial charge >= 0.3 is 0 Å². The van der Waals surface area contributed by atoms with Gasteiger partial charge in [0.2, 0.25) is 0 Å². The van der Waals surface area contributed by atoms with Crippen molar-refractivity contribution in [2.45, 2.75) is 0 Å². The van der Waals surface area contributed by atoms with Crippen molar-refractivity contribution >= 4 is 72.3 Å². The summed E-state index contributed by atoms with van der Waals surface area (Å²) in [7, 11) is 0. The first-order valence-corrected chi connectivity index (χ1v) is 16.9. The van der Waals surface area contributed by atoms with Crippen molar-refractivity contribution in [3.05, 3.63) is 187 Å². The van der Waals surface area contributed by atoms with Crippen LogP contribution in [0.2, 0.25) is 0 Å². The second kappa shape index (κ2) is 11.1. The normalized spacial score (nSPS) is 12.4. The number of para-hydroxylation sites is 2. The third-order valence-electron chi connectivity index (χ3n) is 10.2. The van der Waals surface area contributed by atoms with Gasteiger partial charge in [0.1, 0.15) is 0 Å². The van der Waals surface area contributed by atoms with Crippen molar-refractivity contribution < 1.29 is 0 Å². The molecular weight excluding hydrogens is 591 g/mol. The van der Waals surface area contributed by atoms with E-state index in [1.807, 2.05) is 0 Å². The molecule has 0 amide bonds. The highest BCUT2D eigenvalue weighted by molar-refractivity contribution is 6.22. The van der Waals surface area contributed by atoms with Crippen molar-refractivity contribution in [2.24, 2.45) is 0 Å². The number of hydrogen-bond donors (Lipinski definition) is 0. The topological polar surface area (TPSA) is 3.24 Å². The van der Waals surface area contributed by atoms with Gasteiger partial charge in [-0.2, -0.15) is 0 Å². The minimum atomic E-state index is 1.15. The minimum Gasteiger partial charge on any atom is -0.309 e. The molecule has 0 radical (unpaired) electrons. The van der Waals surface area contributed by atoms with Gasteiger partial charge in [-0.15, -0.1) is 0 Å². The maximum absolute atomic E-state index is 2.39. The lowest BCUT2D eigenvalue weighted by atomic mass is 9.85. The van der Waals surface area contributed by atoms with Crippen LogP contribution >= 0.6 is 0 Å². The van der Waals surface area contributed by atoms with Crippen LogP contribution in [0.5, 0.6) is 0 Å². The Balaban J connectivity index is 1.21. The lowest BCUT2D eigenvalue weighted by molar-refractivity contribution is 1.28. The van der Waals surface area contributed by atoms with Gasteiger partial charge in [0.25, 0.3) is 0 Å². The molecule has 0 N–H and O–H groups in total. The summed E-state index contributed by atoms with van der Waals surface area (Å²) in [6.07, 6.45) is 4.53. The van der Waals surface area contributed by atoms with E-state index in [4.69, 9.17) is 0 Å². The Morgan fingerprint density at radius 3 is 1.55 bits per heavy atom. The van der Waals surface area contributed by atoms with Gasteiger partial charge in [-0.1, -0.05) is 152 Å². The minimum absolute atomic E-state index is 1.15. The quantitative estimate of drug-likeness (QED) is 0.140. The van der Waals surface area contributed by atoms with Crippen molar-refractivity contribution in [1.82, 2.24) is 0 Å². The predicted octanol–water partition coefficient (Wildman–Crippen LogP) is 13.6. The average molecular weight is 622 g/mol.